The van der Waals surface area contributed by atoms with Crippen LogP contribution in [0, 0.1) is 11.7 Å². The average molecular weight is 320 g/mol. The number of piperidine rings is 1. The van der Waals surface area contributed by atoms with E-state index in [1.165, 1.54) is 12.3 Å². The molecule has 3 rings (SSSR count). The van der Waals surface area contributed by atoms with Crippen LogP contribution in [-0.4, -0.2) is 34.7 Å². The van der Waals surface area contributed by atoms with Gasteiger partial charge in [-0.15, -0.1) is 0 Å². The van der Waals surface area contributed by atoms with Crippen LogP contribution in [0.3, 0.4) is 0 Å². The molecule has 1 aliphatic carbocycles. The van der Waals surface area contributed by atoms with Gasteiger partial charge in [-0.05, 0) is 64.5 Å². The van der Waals surface area contributed by atoms with Crippen LogP contribution in [0.5, 0.6) is 0 Å². The van der Waals surface area contributed by atoms with Crippen molar-refractivity contribution in [3.8, 4) is 0 Å². The quantitative estimate of drug-likeness (QED) is 0.830. The summed E-state index contributed by atoms with van der Waals surface area (Å²) in [5.41, 5.74) is 0.659. The Kier molecular flexibility index (Phi) is 4.07. The standard InChI is InChI=1S/C18H25FN2O2/c1-17(2,3)23-16(22)21-10-6-13(7-11-21)18(8-9-18)15-5-4-14(19)12-20-15/h4-5,12-13H,6-11H2,1-3H3. The van der Waals surface area contributed by atoms with E-state index in [1.807, 2.05) is 26.8 Å². The van der Waals surface area contributed by atoms with Crippen molar-refractivity contribution >= 4 is 6.09 Å². The molecule has 1 amide bonds. The predicted octanol–water partition coefficient (Wildman–Crippen LogP) is 3.90. The minimum atomic E-state index is -0.455. The highest BCUT2D eigenvalue weighted by Crippen LogP contribution is 2.56. The number of halogens is 1. The van der Waals surface area contributed by atoms with E-state index < -0.39 is 5.60 Å². The van der Waals surface area contributed by atoms with E-state index in [4.69, 9.17) is 4.74 Å². The van der Waals surface area contributed by atoms with E-state index >= 15 is 0 Å². The molecule has 0 bridgehead atoms. The molecule has 2 heterocycles. The maximum absolute atomic E-state index is 13.1. The Morgan fingerprint density at radius 3 is 2.43 bits per heavy atom. The zero-order valence-corrected chi connectivity index (χ0v) is 14.1. The predicted molar refractivity (Wildman–Crippen MR) is 85.6 cm³/mol. The minimum absolute atomic E-state index is 0.105. The molecule has 2 fully saturated rings. The number of amides is 1. The van der Waals surface area contributed by atoms with Crippen molar-refractivity contribution in [2.24, 2.45) is 5.92 Å². The Hall–Kier alpha value is -1.65. The Labute approximate surface area is 137 Å². The van der Waals surface area contributed by atoms with Crippen molar-refractivity contribution in [3.63, 3.8) is 0 Å². The normalized spacial score (nSPS) is 21.1. The summed E-state index contributed by atoms with van der Waals surface area (Å²) < 4.78 is 18.5. The molecule has 0 aromatic carbocycles. The second-order valence-corrected chi connectivity index (χ2v) is 7.76. The van der Waals surface area contributed by atoms with Gasteiger partial charge in [0.25, 0.3) is 0 Å². The summed E-state index contributed by atoms with van der Waals surface area (Å²) in [6.07, 6.45) is 5.23. The van der Waals surface area contributed by atoms with Crippen molar-refractivity contribution in [3.05, 3.63) is 29.8 Å². The first-order valence-electron chi connectivity index (χ1n) is 8.40. The van der Waals surface area contributed by atoms with Gasteiger partial charge in [0, 0.05) is 24.2 Å². The number of ether oxygens (including phenoxy) is 1. The van der Waals surface area contributed by atoms with Crippen LogP contribution in [0.1, 0.15) is 52.1 Å². The molecule has 1 aliphatic heterocycles. The van der Waals surface area contributed by atoms with Gasteiger partial charge < -0.3 is 9.64 Å². The highest BCUT2D eigenvalue weighted by Gasteiger charge is 2.52. The SMILES string of the molecule is CC(C)(C)OC(=O)N1CCC(C2(c3ccc(F)cn3)CC2)CC1. The minimum Gasteiger partial charge on any atom is -0.444 e. The van der Waals surface area contributed by atoms with Crippen LogP contribution in [-0.2, 0) is 10.2 Å². The third-order valence-electron chi connectivity index (χ3n) is 4.95. The summed E-state index contributed by atoms with van der Waals surface area (Å²) in [7, 11) is 0. The molecule has 1 aromatic rings. The lowest BCUT2D eigenvalue weighted by Gasteiger charge is -2.36. The molecule has 0 spiro atoms. The van der Waals surface area contributed by atoms with E-state index in [0.717, 1.165) is 44.5 Å². The number of rotatable bonds is 2. The van der Waals surface area contributed by atoms with Gasteiger partial charge in [-0.2, -0.15) is 0 Å². The van der Waals surface area contributed by atoms with E-state index in [9.17, 15) is 9.18 Å². The third-order valence-corrected chi connectivity index (χ3v) is 4.95. The number of carbonyl (C=O) groups excluding carboxylic acids is 1. The van der Waals surface area contributed by atoms with Crippen LogP contribution in [0.25, 0.3) is 0 Å². The molecule has 1 aromatic heterocycles. The van der Waals surface area contributed by atoms with Gasteiger partial charge in [-0.25, -0.2) is 9.18 Å². The maximum atomic E-state index is 13.1. The van der Waals surface area contributed by atoms with Crippen LogP contribution in [0.15, 0.2) is 18.3 Å². The van der Waals surface area contributed by atoms with E-state index in [-0.39, 0.29) is 17.3 Å². The number of hydrogen-bond donors (Lipinski definition) is 0. The molecule has 0 unspecified atom stereocenters. The summed E-state index contributed by atoms with van der Waals surface area (Å²) in [6.45, 7) is 7.11. The molecule has 0 atom stereocenters. The molecule has 126 valence electrons. The fourth-order valence-corrected chi connectivity index (χ4v) is 3.62. The number of aromatic nitrogens is 1. The van der Waals surface area contributed by atoms with Gasteiger partial charge in [0.2, 0.25) is 0 Å². The second kappa shape index (κ2) is 5.77. The van der Waals surface area contributed by atoms with Gasteiger partial charge in [0.15, 0.2) is 0 Å². The third kappa shape index (κ3) is 3.48. The number of likely N-dealkylation sites (tertiary alicyclic amines) is 1. The van der Waals surface area contributed by atoms with Gasteiger partial charge in [0.05, 0.1) is 6.20 Å². The molecule has 5 heteroatoms. The average Bonchev–Trinajstić information content (AvgIpc) is 3.28. The lowest BCUT2D eigenvalue weighted by atomic mass is 9.79. The van der Waals surface area contributed by atoms with Crippen molar-refractivity contribution in [2.75, 3.05) is 13.1 Å². The van der Waals surface area contributed by atoms with Crippen LogP contribution >= 0.6 is 0 Å². The Bertz CT molecular complexity index is 568. The summed E-state index contributed by atoms with van der Waals surface area (Å²) in [5, 5.41) is 0. The van der Waals surface area contributed by atoms with Gasteiger partial charge >= 0.3 is 6.09 Å². The zero-order valence-electron chi connectivity index (χ0n) is 14.1. The first-order chi connectivity index (χ1) is 10.8. The van der Waals surface area contributed by atoms with Gasteiger partial charge in [-0.3, -0.25) is 4.98 Å². The first-order valence-corrected chi connectivity index (χ1v) is 8.40. The Morgan fingerprint density at radius 2 is 1.96 bits per heavy atom. The summed E-state index contributed by atoms with van der Waals surface area (Å²) in [5.74, 6) is 0.225. The van der Waals surface area contributed by atoms with Crippen molar-refractivity contribution in [1.29, 1.82) is 0 Å². The lowest BCUT2D eigenvalue weighted by Crippen LogP contribution is -2.43. The fourth-order valence-electron chi connectivity index (χ4n) is 3.62. The van der Waals surface area contributed by atoms with E-state index in [2.05, 4.69) is 4.98 Å². The van der Waals surface area contributed by atoms with E-state index in [0.29, 0.717) is 5.92 Å². The summed E-state index contributed by atoms with van der Waals surface area (Å²) >= 11 is 0. The molecule has 0 radical (unpaired) electrons. The number of pyridine rings is 1. The monoisotopic (exact) mass is 320 g/mol. The molecule has 4 nitrogen and oxygen atoms in total. The highest BCUT2D eigenvalue weighted by atomic mass is 19.1. The molecule has 2 aliphatic rings. The molecule has 1 saturated carbocycles. The molecule has 0 N–H and O–H groups in total. The Morgan fingerprint density at radius 1 is 1.30 bits per heavy atom. The topological polar surface area (TPSA) is 42.4 Å². The Balaban J connectivity index is 1.61. The molecular weight excluding hydrogens is 295 g/mol. The molecule has 23 heavy (non-hydrogen) atoms. The smallest absolute Gasteiger partial charge is 0.410 e. The molecular formula is C18H25FN2O2. The number of carbonyl (C=O) groups is 1. The molecule has 1 saturated heterocycles. The van der Waals surface area contributed by atoms with Crippen molar-refractivity contribution < 1.29 is 13.9 Å². The highest BCUT2D eigenvalue weighted by molar-refractivity contribution is 5.68. The van der Waals surface area contributed by atoms with E-state index in [1.54, 1.807) is 4.90 Å². The van der Waals surface area contributed by atoms with Crippen LogP contribution in [0.4, 0.5) is 9.18 Å². The second-order valence-electron chi connectivity index (χ2n) is 7.76. The van der Waals surface area contributed by atoms with Gasteiger partial charge in [-0.1, -0.05) is 0 Å². The zero-order chi connectivity index (χ0) is 16.7. The number of nitrogens with zero attached hydrogens (tertiary/aromatic N) is 2. The first kappa shape index (κ1) is 16.2. The summed E-state index contributed by atoms with van der Waals surface area (Å²) in [6, 6.07) is 3.32. The maximum Gasteiger partial charge on any atom is 0.410 e. The van der Waals surface area contributed by atoms with Crippen molar-refractivity contribution in [2.45, 2.75) is 57.5 Å². The van der Waals surface area contributed by atoms with Gasteiger partial charge in [0.1, 0.15) is 11.4 Å². The number of hydrogen-bond acceptors (Lipinski definition) is 3. The lowest BCUT2D eigenvalue weighted by molar-refractivity contribution is 0.0168. The fraction of sp³-hybridized carbons (Fsp3) is 0.667. The van der Waals surface area contributed by atoms with Crippen LogP contribution in [0.2, 0.25) is 0 Å². The van der Waals surface area contributed by atoms with Crippen LogP contribution < -0.4 is 0 Å². The van der Waals surface area contributed by atoms with Crippen molar-refractivity contribution in [1.82, 2.24) is 9.88 Å². The largest absolute Gasteiger partial charge is 0.444 e. The summed E-state index contributed by atoms with van der Waals surface area (Å²) in [4.78, 5) is 18.3.